The number of hydrogen-bond acceptors (Lipinski definition) is 0. The maximum atomic E-state index is 12.7. The first-order valence-electron chi connectivity index (χ1n) is 27.3. The van der Waals surface area contributed by atoms with E-state index < -0.39 is 0 Å². The van der Waals surface area contributed by atoms with Gasteiger partial charge in [-0.2, -0.15) is 0 Å². The number of unbranched alkanes of at least 4 members (excludes halogenated alkanes) is 21. The van der Waals surface area contributed by atoms with E-state index in [1.54, 1.807) is 52.5 Å². The molecule has 2 aromatic rings. The van der Waals surface area contributed by atoms with Crippen LogP contribution in [0.4, 0.5) is 0 Å². The summed E-state index contributed by atoms with van der Waals surface area (Å²) in [6.45, 7) is 16.3. The van der Waals surface area contributed by atoms with E-state index in [0.29, 0.717) is 0 Å². The monoisotopic (exact) mass is 909 g/mol. The molecule has 2 aromatic carbocycles. The first-order valence-corrected chi connectivity index (χ1v) is 29.3. The van der Waals surface area contributed by atoms with Crippen LogP contribution in [0.25, 0.3) is 16.9 Å². The second-order valence-corrected chi connectivity index (χ2v) is 20.2. The molecule has 0 unspecified atom stereocenters. The molecule has 2 nitrogen and oxygen atoms in total. The quantitative estimate of drug-likeness (QED) is 0.0367. The molecule has 0 saturated heterocycles. The first kappa shape index (κ1) is 57.1. The van der Waals surface area contributed by atoms with Crippen LogP contribution in [0.5, 0.6) is 0 Å². The second kappa shape index (κ2) is 37.1. The molecule has 0 spiro atoms. The minimum absolute atomic E-state index is 1.01. The fourth-order valence-corrected chi connectivity index (χ4v) is 9.84. The molecule has 0 aromatic heterocycles. The molecular weight excluding hydrogens is 807 g/mol. The summed E-state index contributed by atoms with van der Waals surface area (Å²) >= 11 is 1.62. The normalized spacial score (nSPS) is 12.7. The summed E-state index contributed by atoms with van der Waals surface area (Å²) in [7, 11) is 0. The van der Waals surface area contributed by atoms with E-state index in [0.717, 1.165) is 43.5 Å². The standard InChI is InChI=1S/C58H96N2.2CH3.Ni/c1-8-15-22-25-27-34-41-55-48(36-29-18-11-4)43-53(44-49(55)37-30-19-12-5)57-47-52(40-33-24-17-10-3)58(60(57)59)54-45-50(38-31-20-13-6)56(42-35-28-26-23-16-9-2)51(46-54)39-32-21-14-7;;;/h43-47H,8-42H2,1-7H3;2*1H3;. The summed E-state index contributed by atoms with van der Waals surface area (Å²) < 4.78 is 1.66. The molecule has 3 rings (SSSR count). The van der Waals surface area contributed by atoms with E-state index in [9.17, 15) is 5.53 Å². The van der Waals surface area contributed by atoms with Crippen molar-refractivity contribution in [1.29, 1.82) is 0 Å². The van der Waals surface area contributed by atoms with Crippen molar-refractivity contribution in [3.05, 3.63) is 86.0 Å². The van der Waals surface area contributed by atoms with Crippen molar-refractivity contribution in [2.24, 2.45) is 0 Å². The summed E-state index contributed by atoms with van der Waals surface area (Å²) in [6, 6.07) is 10.1. The fourth-order valence-electron chi connectivity index (χ4n) is 9.84. The Balaban J connectivity index is 0.00000442. The minimum atomic E-state index is 1.01. The van der Waals surface area contributed by atoms with Gasteiger partial charge in [-0.25, -0.2) is 4.70 Å². The van der Waals surface area contributed by atoms with Gasteiger partial charge in [0, 0.05) is 22.8 Å². The molecule has 0 fully saturated rings. The molecule has 3 heteroatoms. The Morgan fingerprint density at radius 1 is 0.365 bits per heavy atom. The second-order valence-electron chi connectivity index (χ2n) is 19.3. The van der Waals surface area contributed by atoms with Crippen molar-refractivity contribution < 1.29 is 19.1 Å². The third kappa shape index (κ3) is 21.9. The molecule has 1 heterocycles. The SMILES string of the molecule is CCCCCCCCc1c(CCCCC)cc(C2=CC(CCCCCC)=C(c3cc(CCCCC)c(CCCCCCCC)c(CCCCC)c3)[N+]2=[N-])cc1CCCCC.[CH3][Ni][CH3]. The molecule has 1 aliphatic heterocycles. The van der Waals surface area contributed by atoms with Crippen LogP contribution in [0.1, 0.15) is 279 Å². The Morgan fingerprint density at radius 2 is 0.635 bits per heavy atom. The molecule has 0 atom stereocenters. The van der Waals surface area contributed by atoms with Crippen LogP contribution in [0.15, 0.2) is 35.9 Å². The molecular formula is C60H102N2Ni. The van der Waals surface area contributed by atoms with Gasteiger partial charge in [0.25, 0.3) is 0 Å². The number of nitrogens with zero attached hydrogens (tertiary/aromatic N) is 2. The Hall–Kier alpha value is -1.99. The van der Waals surface area contributed by atoms with Crippen LogP contribution in [-0.4, -0.2) is 4.70 Å². The number of allylic oxidation sites excluding steroid dienone is 2. The Morgan fingerprint density at radius 3 is 1.00 bits per heavy atom. The van der Waals surface area contributed by atoms with Crippen LogP contribution in [0.3, 0.4) is 0 Å². The molecule has 0 N–H and O–H groups in total. The predicted molar refractivity (Wildman–Crippen MR) is 279 cm³/mol. The van der Waals surface area contributed by atoms with Gasteiger partial charge in [0.2, 0.25) is 11.4 Å². The topological polar surface area (TPSA) is 25.3 Å². The molecule has 0 bridgehead atoms. The summed E-state index contributed by atoms with van der Waals surface area (Å²) in [6.07, 6.45) is 46.6. The number of hydrogen-bond donors (Lipinski definition) is 0. The van der Waals surface area contributed by atoms with E-state index in [1.807, 2.05) is 0 Å². The molecule has 0 aliphatic carbocycles. The fraction of sp³-hybridized carbons (Fsp3) is 0.733. The van der Waals surface area contributed by atoms with Gasteiger partial charge < -0.3 is 5.53 Å². The van der Waals surface area contributed by atoms with Crippen LogP contribution in [-0.2, 0) is 53.0 Å². The van der Waals surface area contributed by atoms with E-state index in [1.165, 1.54) is 209 Å². The van der Waals surface area contributed by atoms with Crippen LogP contribution < -0.4 is 0 Å². The average Bonchev–Trinajstić information content (AvgIpc) is 3.61. The van der Waals surface area contributed by atoms with Gasteiger partial charge in [0.1, 0.15) is 0 Å². The number of aryl methyl sites for hydroxylation is 4. The van der Waals surface area contributed by atoms with Crippen molar-refractivity contribution in [2.45, 2.75) is 285 Å². The Kier molecular flexibility index (Phi) is 33.7. The molecule has 0 radical (unpaired) electrons. The first-order chi connectivity index (χ1) is 30.9. The summed E-state index contributed by atoms with van der Waals surface area (Å²) in [5.74, 6) is 4.12. The number of benzene rings is 2. The van der Waals surface area contributed by atoms with E-state index in [4.69, 9.17) is 0 Å². The van der Waals surface area contributed by atoms with E-state index >= 15 is 0 Å². The van der Waals surface area contributed by atoms with Gasteiger partial charge in [-0.1, -0.05) is 183 Å². The molecule has 0 amide bonds. The number of rotatable bonds is 37. The third-order valence-corrected chi connectivity index (χ3v) is 13.6. The van der Waals surface area contributed by atoms with Gasteiger partial charge >= 0.3 is 26.2 Å². The van der Waals surface area contributed by atoms with Crippen LogP contribution >= 0.6 is 0 Å². The van der Waals surface area contributed by atoms with Crippen molar-refractivity contribution in [1.82, 2.24) is 0 Å². The van der Waals surface area contributed by atoms with E-state index in [2.05, 4.69) is 90.6 Å². The zero-order valence-electron chi connectivity index (χ0n) is 43.3. The van der Waals surface area contributed by atoms with Gasteiger partial charge in [0.05, 0.1) is 0 Å². The molecule has 362 valence electrons. The van der Waals surface area contributed by atoms with Gasteiger partial charge in [-0.3, -0.25) is 0 Å². The van der Waals surface area contributed by atoms with Gasteiger partial charge in [-0.05, 0) is 148 Å². The van der Waals surface area contributed by atoms with Gasteiger partial charge in [0.15, 0.2) is 0 Å². The Bertz CT molecular complexity index is 1500. The molecule has 1 aliphatic rings. The van der Waals surface area contributed by atoms with Crippen LogP contribution in [0, 0.1) is 0 Å². The van der Waals surface area contributed by atoms with Crippen molar-refractivity contribution >= 4 is 11.4 Å². The van der Waals surface area contributed by atoms with Crippen molar-refractivity contribution in [3.63, 3.8) is 0 Å². The van der Waals surface area contributed by atoms with E-state index in [-0.39, 0.29) is 0 Å². The molecule has 63 heavy (non-hydrogen) atoms. The zero-order chi connectivity index (χ0) is 45.9. The Labute approximate surface area is 399 Å². The van der Waals surface area contributed by atoms with Crippen LogP contribution in [0.2, 0.25) is 11.8 Å². The summed E-state index contributed by atoms with van der Waals surface area (Å²) in [4.78, 5) is 0. The molecule has 0 saturated carbocycles. The predicted octanol–water partition coefficient (Wildman–Crippen LogP) is 20.4. The van der Waals surface area contributed by atoms with Gasteiger partial charge in [-0.15, -0.1) is 0 Å². The summed E-state index contributed by atoms with van der Waals surface area (Å²) in [5.41, 5.74) is 28.1. The third-order valence-electron chi connectivity index (χ3n) is 13.6. The van der Waals surface area contributed by atoms with Crippen molar-refractivity contribution in [3.8, 4) is 0 Å². The van der Waals surface area contributed by atoms with Crippen molar-refractivity contribution in [2.75, 3.05) is 0 Å². The zero-order valence-corrected chi connectivity index (χ0v) is 44.3. The summed E-state index contributed by atoms with van der Waals surface area (Å²) in [5, 5.41) is 0. The maximum absolute atomic E-state index is 12.7. The average molecular weight is 910 g/mol.